The van der Waals surface area contributed by atoms with Crippen molar-refractivity contribution in [3.8, 4) is 11.4 Å². The zero-order chi connectivity index (χ0) is 22.2. The van der Waals surface area contributed by atoms with Gasteiger partial charge < -0.3 is 4.74 Å². The molecule has 0 saturated heterocycles. The van der Waals surface area contributed by atoms with Crippen LogP contribution in [0.15, 0.2) is 71.2 Å². The Kier molecular flexibility index (Phi) is 5.53. The Morgan fingerprint density at radius 3 is 2.16 bits per heavy atom. The van der Waals surface area contributed by atoms with Crippen LogP contribution in [-0.4, -0.2) is 20.8 Å². The summed E-state index contributed by atoms with van der Waals surface area (Å²) >= 11 is 3.33. The molecule has 31 heavy (non-hydrogen) atoms. The largest absolute Gasteiger partial charge is 0.476 e. The van der Waals surface area contributed by atoms with Crippen molar-refractivity contribution in [2.75, 3.05) is 0 Å². The first-order valence-electron chi connectivity index (χ1n) is 9.18. The van der Waals surface area contributed by atoms with Gasteiger partial charge in [0.1, 0.15) is 22.5 Å². The van der Waals surface area contributed by atoms with E-state index in [1.807, 2.05) is 0 Å². The lowest BCUT2D eigenvalue weighted by molar-refractivity contribution is -0.137. The number of aromatic nitrogens is 3. The summed E-state index contributed by atoms with van der Waals surface area (Å²) in [6.45, 7) is 1.36. The Morgan fingerprint density at radius 1 is 1.00 bits per heavy atom. The highest BCUT2D eigenvalue weighted by Crippen LogP contribution is 2.36. The van der Waals surface area contributed by atoms with E-state index in [1.54, 1.807) is 48.5 Å². The van der Waals surface area contributed by atoms with E-state index in [-0.39, 0.29) is 17.2 Å². The fourth-order valence-corrected chi connectivity index (χ4v) is 3.33. The van der Waals surface area contributed by atoms with Crippen LogP contribution in [0.25, 0.3) is 16.7 Å². The van der Waals surface area contributed by atoms with Crippen LogP contribution in [0.4, 0.5) is 13.2 Å². The fraction of sp³-hybridized carbons (Fsp3) is 0.136. The molecule has 0 bridgehead atoms. The van der Waals surface area contributed by atoms with Crippen LogP contribution in [0.2, 0.25) is 0 Å². The molecule has 0 aliphatic heterocycles. The van der Waals surface area contributed by atoms with Crippen molar-refractivity contribution in [3.63, 3.8) is 0 Å². The molecule has 0 spiro atoms. The van der Waals surface area contributed by atoms with Gasteiger partial charge in [-0.1, -0.05) is 40.2 Å². The number of carbonyl (C=O) groups is 1. The third-order valence-electron chi connectivity index (χ3n) is 4.58. The van der Waals surface area contributed by atoms with E-state index in [0.717, 1.165) is 21.4 Å². The van der Waals surface area contributed by atoms with Crippen LogP contribution in [0, 0.1) is 0 Å². The minimum atomic E-state index is -4.56. The topological polar surface area (TPSA) is 57.0 Å². The van der Waals surface area contributed by atoms with Crippen molar-refractivity contribution in [2.45, 2.75) is 19.2 Å². The van der Waals surface area contributed by atoms with Gasteiger partial charge in [-0.15, -0.1) is 15.0 Å². The van der Waals surface area contributed by atoms with E-state index >= 15 is 0 Å². The Hall–Kier alpha value is -3.20. The zero-order valence-corrected chi connectivity index (χ0v) is 17.7. The quantitative estimate of drug-likeness (QED) is 0.349. The number of nitrogens with zero attached hydrogens (tertiary/aromatic N) is 3. The molecular formula is C22H15BrF3N3O2. The van der Waals surface area contributed by atoms with Gasteiger partial charge in [0.15, 0.2) is 11.9 Å². The molecule has 0 radical (unpaired) electrons. The molecule has 0 fully saturated rings. The molecule has 1 heterocycles. The Balaban J connectivity index is 1.82. The molecule has 0 saturated carbocycles. The molecule has 1 atom stereocenters. The predicted octanol–water partition coefficient (Wildman–Crippen LogP) is 5.91. The molecule has 0 aliphatic rings. The lowest BCUT2D eigenvalue weighted by Crippen LogP contribution is -2.18. The Morgan fingerprint density at radius 2 is 1.61 bits per heavy atom. The lowest BCUT2D eigenvalue weighted by Gasteiger charge is -2.20. The van der Waals surface area contributed by atoms with Crippen molar-refractivity contribution in [1.29, 1.82) is 0 Å². The molecule has 0 aliphatic carbocycles. The number of benzene rings is 3. The summed E-state index contributed by atoms with van der Waals surface area (Å²) < 4.78 is 46.8. The monoisotopic (exact) mass is 489 g/mol. The van der Waals surface area contributed by atoms with Crippen LogP contribution < -0.4 is 4.74 Å². The molecule has 1 unspecified atom stereocenters. The molecule has 158 valence electrons. The van der Waals surface area contributed by atoms with Crippen LogP contribution >= 0.6 is 15.9 Å². The molecule has 4 aromatic rings. The van der Waals surface area contributed by atoms with Crippen molar-refractivity contribution in [1.82, 2.24) is 15.0 Å². The molecule has 5 nitrogen and oxygen atoms in total. The summed E-state index contributed by atoms with van der Waals surface area (Å²) in [6.07, 6.45) is -5.57. The number of carbonyl (C=O) groups excluding carboxylic acids is 1. The van der Waals surface area contributed by atoms with Gasteiger partial charge in [0.05, 0.1) is 5.56 Å². The second kappa shape index (κ2) is 8.14. The first-order chi connectivity index (χ1) is 14.7. The maximum absolute atomic E-state index is 13.4. The molecule has 9 heteroatoms. The van der Waals surface area contributed by atoms with E-state index < -0.39 is 17.8 Å². The van der Waals surface area contributed by atoms with Crippen molar-refractivity contribution >= 4 is 32.7 Å². The van der Waals surface area contributed by atoms with Gasteiger partial charge in [-0.25, -0.2) is 0 Å². The first-order valence-corrected chi connectivity index (χ1v) is 9.98. The third-order valence-corrected chi connectivity index (χ3v) is 5.10. The van der Waals surface area contributed by atoms with E-state index in [1.165, 1.54) is 13.0 Å². The number of ether oxygens (including phenoxy) is 1. The maximum Gasteiger partial charge on any atom is 0.416 e. The second-order valence-corrected chi connectivity index (χ2v) is 7.73. The van der Waals surface area contributed by atoms with Gasteiger partial charge in [-0.05, 0) is 55.0 Å². The molecule has 3 aromatic carbocycles. The van der Waals surface area contributed by atoms with Gasteiger partial charge in [-0.2, -0.15) is 13.2 Å². The number of hydrogen-bond acceptors (Lipinski definition) is 4. The minimum absolute atomic E-state index is 0.0191. The average molecular weight is 490 g/mol. The van der Waals surface area contributed by atoms with Crippen LogP contribution in [-0.2, 0) is 11.0 Å². The summed E-state index contributed by atoms with van der Waals surface area (Å²) in [5.41, 5.74) is 0.706. The summed E-state index contributed by atoms with van der Waals surface area (Å²) in [5, 5.41) is 8.54. The Labute approximate surface area is 183 Å². The smallest absolute Gasteiger partial charge is 0.416 e. The summed E-state index contributed by atoms with van der Waals surface area (Å²) in [4.78, 5) is 13.4. The number of ketones is 1. The molecule has 4 rings (SSSR count). The van der Waals surface area contributed by atoms with Gasteiger partial charge in [0.2, 0.25) is 0 Å². The van der Waals surface area contributed by atoms with Crippen LogP contribution in [0.1, 0.15) is 24.2 Å². The van der Waals surface area contributed by atoms with Crippen LogP contribution in [0.3, 0.4) is 0 Å². The highest BCUT2D eigenvalue weighted by Gasteiger charge is 2.32. The van der Waals surface area contributed by atoms with Crippen LogP contribution in [0.5, 0.6) is 5.75 Å². The number of halogens is 4. The summed E-state index contributed by atoms with van der Waals surface area (Å²) in [7, 11) is 0. The first kappa shape index (κ1) is 21.0. The molecular weight excluding hydrogens is 475 g/mol. The number of hydrogen-bond donors (Lipinski definition) is 0. The predicted molar refractivity (Wildman–Crippen MR) is 112 cm³/mol. The number of fused-ring (bicyclic) bond motifs is 1. The van der Waals surface area contributed by atoms with Crippen molar-refractivity contribution in [2.24, 2.45) is 0 Å². The molecule has 1 aromatic heterocycles. The number of rotatable bonds is 5. The van der Waals surface area contributed by atoms with E-state index in [4.69, 9.17) is 4.74 Å². The van der Waals surface area contributed by atoms with E-state index in [2.05, 4.69) is 26.1 Å². The third kappa shape index (κ3) is 4.46. The normalized spacial score (nSPS) is 12.7. The number of Topliss-reactive ketones (excluding diaryl/α,β-unsaturated/α-hetero) is 1. The fourth-order valence-electron chi connectivity index (χ4n) is 3.07. The zero-order valence-electron chi connectivity index (χ0n) is 16.1. The van der Waals surface area contributed by atoms with Gasteiger partial charge in [0.25, 0.3) is 0 Å². The van der Waals surface area contributed by atoms with Gasteiger partial charge in [-0.3, -0.25) is 4.79 Å². The van der Waals surface area contributed by atoms with E-state index in [0.29, 0.717) is 16.6 Å². The van der Waals surface area contributed by atoms with Crippen molar-refractivity contribution < 1.29 is 22.7 Å². The lowest BCUT2D eigenvalue weighted by atomic mass is 10.1. The summed E-state index contributed by atoms with van der Waals surface area (Å²) in [6, 6.07) is 16.8. The van der Waals surface area contributed by atoms with Crippen molar-refractivity contribution in [3.05, 3.63) is 82.3 Å². The van der Waals surface area contributed by atoms with Gasteiger partial charge >= 0.3 is 6.18 Å². The highest BCUT2D eigenvalue weighted by atomic mass is 79.9. The molecule has 0 amide bonds. The Bertz CT molecular complexity index is 1220. The highest BCUT2D eigenvalue weighted by molar-refractivity contribution is 9.10. The second-order valence-electron chi connectivity index (χ2n) is 6.82. The summed E-state index contributed by atoms with van der Waals surface area (Å²) in [5.74, 6) is -0.247. The van der Waals surface area contributed by atoms with Gasteiger partial charge in [0, 0.05) is 4.47 Å². The number of alkyl halides is 3. The average Bonchev–Trinajstić information content (AvgIpc) is 3.16. The minimum Gasteiger partial charge on any atom is -0.476 e. The molecule has 0 N–H and O–H groups in total. The SMILES string of the molecule is CC(=O)C(Oc1ccc(C(F)(F)F)cc1-n1nc2ccccc2n1)c1ccc(Br)cc1. The van der Waals surface area contributed by atoms with E-state index in [9.17, 15) is 18.0 Å². The standard InChI is InChI=1S/C22H15BrF3N3O2/c1-13(30)21(14-6-9-16(23)10-7-14)31-20-11-8-15(22(24,25)26)12-19(20)29-27-17-4-2-3-5-18(17)28-29/h2-12,21H,1H3. The maximum atomic E-state index is 13.4.